The molecule has 158 valence electrons. The molecule has 0 fully saturated rings. The number of rotatable bonds is 11. The molecule has 0 atom stereocenters. The largest absolute Gasteiger partial charge is 0.371 e. The first-order valence-corrected chi connectivity index (χ1v) is 11.7. The van der Waals surface area contributed by atoms with Gasteiger partial charge in [0.15, 0.2) is 0 Å². The van der Waals surface area contributed by atoms with Crippen LogP contribution in [0.5, 0.6) is 0 Å². The molecular formula is C27H33ClN2. The van der Waals surface area contributed by atoms with Crippen LogP contribution in [0.15, 0.2) is 54.7 Å². The van der Waals surface area contributed by atoms with Crippen molar-refractivity contribution in [2.75, 3.05) is 18.0 Å². The molecule has 0 radical (unpaired) electrons. The first-order chi connectivity index (χ1) is 14.7. The number of aromatic nitrogens is 1. The number of nitrogens with zero attached hydrogens (tertiary/aromatic N) is 2. The van der Waals surface area contributed by atoms with Gasteiger partial charge in [-0.15, -0.1) is 0 Å². The number of unbranched alkanes of at least 4 members (excludes halogenated alkanes) is 4. The zero-order chi connectivity index (χ0) is 21.2. The van der Waals surface area contributed by atoms with Gasteiger partial charge >= 0.3 is 0 Å². The van der Waals surface area contributed by atoms with Gasteiger partial charge in [0.05, 0.1) is 5.52 Å². The molecule has 0 saturated carbocycles. The number of halogens is 1. The number of benzene rings is 2. The minimum Gasteiger partial charge on any atom is -0.371 e. The molecule has 0 saturated heterocycles. The van der Waals surface area contributed by atoms with Gasteiger partial charge < -0.3 is 4.90 Å². The first-order valence-electron chi connectivity index (χ1n) is 11.3. The fourth-order valence-corrected chi connectivity index (χ4v) is 4.00. The number of hydrogen-bond acceptors (Lipinski definition) is 2. The Morgan fingerprint density at radius 3 is 2.23 bits per heavy atom. The summed E-state index contributed by atoms with van der Waals surface area (Å²) >= 11 is 6.69. The molecular weight excluding hydrogens is 388 g/mol. The number of hydrogen-bond donors (Lipinski definition) is 0. The average molecular weight is 421 g/mol. The van der Waals surface area contributed by atoms with Crippen LogP contribution in [0, 0.1) is 0 Å². The molecule has 0 bridgehead atoms. The van der Waals surface area contributed by atoms with Gasteiger partial charge in [0.1, 0.15) is 0 Å². The van der Waals surface area contributed by atoms with Crippen LogP contribution in [0.25, 0.3) is 23.1 Å². The third kappa shape index (κ3) is 6.09. The van der Waals surface area contributed by atoms with Crippen molar-refractivity contribution in [1.29, 1.82) is 0 Å². The molecule has 2 aromatic carbocycles. The van der Waals surface area contributed by atoms with E-state index < -0.39 is 0 Å². The number of para-hydroxylation sites is 1. The Morgan fingerprint density at radius 2 is 1.53 bits per heavy atom. The lowest BCUT2D eigenvalue weighted by Crippen LogP contribution is -2.25. The van der Waals surface area contributed by atoms with Crippen molar-refractivity contribution in [2.24, 2.45) is 0 Å². The van der Waals surface area contributed by atoms with E-state index in [1.807, 2.05) is 24.4 Å². The zero-order valence-corrected chi connectivity index (χ0v) is 19.0. The Labute approximate surface area is 186 Å². The van der Waals surface area contributed by atoms with Crippen LogP contribution in [0.2, 0.25) is 5.02 Å². The van der Waals surface area contributed by atoms with Crippen molar-refractivity contribution in [3.05, 3.63) is 70.9 Å². The standard InChI is InChI=1S/C27H33ClN2/c1-3-5-9-19-30(20-10-6-4-2)24-16-15-23(26(28)21-24)14-13-22-17-18-29-27-12-8-7-11-25(22)27/h7-8,11-18,21H,3-6,9-10,19-20H2,1-2H3/b14-13+. The number of anilines is 1. The second-order valence-corrected chi connectivity index (χ2v) is 8.26. The van der Waals surface area contributed by atoms with Crippen molar-refractivity contribution in [3.63, 3.8) is 0 Å². The molecule has 1 heterocycles. The molecule has 2 nitrogen and oxygen atoms in total. The zero-order valence-electron chi connectivity index (χ0n) is 18.3. The number of pyridine rings is 1. The van der Waals surface area contributed by atoms with E-state index in [0.29, 0.717) is 0 Å². The van der Waals surface area contributed by atoms with E-state index >= 15 is 0 Å². The summed E-state index contributed by atoms with van der Waals surface area (Å²) in [5, 5.41) is 1.96. The summed E-state index contributed by atoms with van der Waals surface area (Å²) in [4.78, 5) is 6.94. The normalized spacial score (nSPS) is 11.4. The molecule has 0 aliphatic heterocycles. The van der Waals surface area contributed by atoms with Crippen LogP contribution < -0.4 is 4.90 Å². The van der Waals surface area contributed by atoms with Crippen LogP contribution in [-0.4, -0.2) is 18.1 Å². The molecule has 0 aliphatic carbocycles. The van der Waals surface area contributed by atoms with Crippen molar-refractivity contribution >= 4 is 40.3 Å². The highest BCUT2D eigenvalue weighted by Gasteiger charge is 2.08. The summed E-state index contributed by atoms with van der Waals surface area (Å²) in [6.45, 7) is 6.72. The predicted octanol–water partition coefficient (Wildman–Crippen LogP) is 8.25. The van der Waals surface area contributed by atoms with Crippen molar-refractivity contribution in [1.82, 2.24) is 4.98 Å². The van der Waals surface area contributed by atoms with Crippen LogP contribution >= 0.6 is 11.6 Å². The number of fused-ring (bicyclic) bond motifs is 1. The molecule has 3 rings (SSSR count). The summed E-state index contributed by atoms with van der Waals surface area (Å²) in [6, 6.07) is 16.8. The first kappa shape index (κ1) is 22.4. The lowest BCUT2D eigenvalue weighted by molar-refractivity contribution is 0.636. The summed E-state index contributed by atoms with van der Waals surface area (Å²) in [5.41, 5.74) is 4.44. The topological polar surface area (TPSA) is 16.1 Å². The van der Waals surface area contributed by atoms with Crippen molar-refractivity contribution in [3.8, 4) is 0 Å². The van der Waals surface area contributed by atoms with E-state index in [-0.39, 0.29) is 0 Å². The smallest absolute Gasteiger partial charge is 0.0707 e. The van der Waals surface area contributed by atoms with Gasteiger partial charge in [-0.25, -0.2) is 0 Å². The second kappa shape index (κ2) is 11.8. The van der Waals surface area contributed by atoms with Crippen molar-refractivity contribution < 1.29 is 0 Å². The third-order valence-corrected chi connectivity index (χ3v) is 5.86. The summed E-state index contributed by atoms with van der Waals surface area (Å²) < 4.78 is 0. The lowest BCUT2D eigenvalue weighted by Gasteiger charge is -2.25. The van der Waals surface area contributed by atoms with Gasteiger partial charge in [0.25, 0.3) is 0 Å². The Hall–Kier alpha value is -2.32. The summed E-state index contributed by atoms with van der Waals surface area (Å²) in [5.74, 6) is 0. The van der Waals surface area contributed by atoms with E-state index in [2.05, 4.69) is 66.2 Å². The predicted molar refractivity (Wildman–Crippen MR) is 133 cm³/mol. The summed E-state index contributed by atoms with van der Waals surface area (Å²) in [7, 11) is 0. The maximum absolute atomic E-state index is 6.69. The van der Waals surface area contributed by atoms with Gasteiger partial charge in [0.2, 0.25) is 0 Å². The molecule has 3 aromatic rings. The van der Waals surface area contributed by atoms with Gasteiger partial charge in [-0.2, -0.15) is 0 Å². The van der Waals surface area contributed by atoms with Crippen LogP contribution in [0.1, 0.15) is 63.5 Å². The van der Waals surface area contributed by atoms with E-state index in [0.717, 1.165) is 40.1 Å². The van der Waals surface area contributed by atoms with E-state index in [9.17, 15) is 0 Å². The highest BCUT2D eigenvalue weighted by Crippen LogP contribution is 2.27. The average Bonchev–Trinajstić information content (AvgIpc) is 2.77. The van der Waals surface area contributed by atoms with Gasteiger partial charge in [0, 0.05) is 35.4 Å². The molecule has 0 N–H and O–H groups in total. The maximum Gasteiger partial charge on any atom is 0.0707 e. The molecule has 0 amide bonds. The molecule has 0 unspecified atom stereocenters. The lowest BCUT2D eigenvalue weighted by atomic mass is 10.1. The van der Waals surface area contributed by atoms with Crippen LogP contribution in [0.3, 0.4) is 0 Å². The minimum absolute atomic E-state index is 0.804. The van der Waals surface area contributed by atoms with Gasteiger partial charge in [-0.05, 0) is 48.2 Å². The van der Waals surface area contributed by atoms with E-state index in [4.69, 9.17) is 11.6 Å². The third-order valence-electron chi connectivity index (χ3n) is 5.54. The maximum atomic E-state index is 6.69. The Bertz CT molecular complexity index is 949. The van der Waals surface area contributed by atoms with Crippen LogP contribution in [0.4, 0.5) is 5.69 Å². The second-order valence-electron chi connectivity index (χ2n) is 7.86. The monoisotopic (exact) mass is 420 g/mol. The molecule has 0 spiro atoms. The van der Waals surface area contributed by atoms with Gasteiger partial charge in [-0.3, -0.25) is 4.98 Å². The highest BCUT2D eigenvalue weighted by atomic mass is 35.5. The molecule has 3 heteroatoms. The summed E-state index contributed by atoms with van der Waals surface area (Å²) in [6.07, 6.45) is 13.6. The Kier molecular flexibility index (Phi) is 8.77. The molecule has 0 aliphatic rings. The SMILES string of the molecule is CCCCCN(CCCCC)c1ccc(/C=C/c2ccnc3ccccc23)c(Cl)c1. The Balaban J connectivity index is 1.77. The fourth-order valence-electron chi connectivity index (χ4n) is 3.77. The Morgan fingerprint density at radius 1 is 0.833 bits per heavy atom. The van der Waals surface area contributed by atoms with Crippen LogP contribution in [-0.2, 0) is 0 Å². The minimum atomic E-state index is 0.804. The van der Waals surface area contributed by atoms with Crippen molar-refractivity contribution in [2.45, 2.75) is 52.4 Å². The quantitative estimate of drug-likeness (QED) is 0.290. The fraction of sp³-hybridized carbons (Fsp3) is 0.370. The van der Waals surface area contributed by atoms with E-state index in [1.165, 1.54) is 44.2 Å². The highest BCUT2D eigenvalue weighted by molar-refractivity contribution is 6.32. The van der Waals surface area contributed by atoms with Gasteiger partial charge in [-0.1, -0.05) is 87.5 Å². The molecule has 30 heavy (non-hydrogen) atoms. The van der Waals surface area contributed by atoms with E-state index in [1.54, 1.807) is 0 Å². The molecule has 1 aromatic heterocycles.